The maximum Gasteiger partial charge on any atom is 0.241 e. The molecule has 1 atom stereocenters. The van der Waals surface area contributed by atoms with E-state index in [-0.39, 0.29) is 9.92 Å². The summed E-state index contributed by atoms with van der Waals surface area (Å²) in [6.07, 6.45) is 0. The molecule has 3 N–H and O–H groups in total. The summed E-state index contributed by atoms with van der Waals surface area (Å²) in [6, 6.07) is 7.21. The number of anilines is 1. The molecule has 0 bridgehead atoms. The number of benzene rings is 1. The summed E-state index contributed by atoms with van der Waals surface area (Å²) in [5.74, 6) is 1.27. The van der Waals surface area contributed by atoms with Crippen molar-refractivity contribution < 1.29 is 12.8 Å². The molecule has 5 nitrogen and oxygen atoms in total. The molecule has 0 aliphatic carbocycles. The van der Waals surface area contributed by atoms with Gasteiger partial charge in [0.15, 0.2) is 0 Å². The largest absolute Gasteiger partial charge is 0.465 e. The Labute approximate surface area is 122 Å². The van der Waals surface area contributed by atoms with Crippen LogP contribution < -0.4 is 10.5 Å². The average molecular weight is 315 g/mol. The summed E-state index contributed by atoms with van der Waals surface area (Å²) in [6.45, 7) is 3.50. The lowest BCUT2D eigenvalue weighted by Crippen LogP contribution is -2.26. The van der Waals surface area contributed by atoms with Crippen molar-refractivity contribution in [1.29, 1.82) is 0 Å². The number of nitrogens with one attached hydrogen (secondary N) is 1. The van der Waals surface area contributed by atoms with Crippen molar-refractivity contribution >= 4 is 27.3 Å². The SMILES string of the molecule is Cc1ccc(C(C)NS(=O)(=O)c2ccc(N)c(Cl)c2)o1. The predicted molar refractivity (Wildman–Crippen MR) is 78.0 cm³/mol. The summed E-state index contributed by atoms with van der Waals surface area (Å²) >= 11 is 5.84. The van der Waals surface area contributed by atoms with Gasteiger partial charge < -0.3 is 10.2 Å². The molecule has 0 radical (unpaired) electrons. The zero-order valence-electron chi connectivity index (χ0n) is 11.1. The Kier molecular flexibility index (Phi) is 4.08. The van der Waals surface area contributed by atoms with E-state index in [4.69, 9.17) is 21.8 Å². The van der Waals surface area contributed by atoms with Gasteiger partial charge in [0.1, 0.15) is 11.5 Å². The van der Waals surface area contributed by atoms with E-state index in [1.165, 1.54) is 18.2 Å². The zero-order valence-corrected chi connectivity index (χ0v) is 12.6. The van der Waals surface area contributed by atoms with Gasteiger partial charge in [-0.15, -0.1) is 0 Å². The smallest absolute Gasteiger partial charge is 0.241 e. The Hall–Kier alpha value is -1.50. The van der Waals surface area contributed by atoms with Gasteiger partial charge >= 0.3 is 0 Å². The molecule has 0 saturated carbocycles. The Bertz CT molecular complexity index is 725. The molecule has 108 valence electrons. The second-order valence-corrected chi connectivity index (χ2v) is 6.60. The van der Waals surface area contributed by atoms with Crippen LogP contribution in [0, 0.1) is 6.92 Å². The summed E-state index contributed by atoms with van der Waals surface area (Å²) in [5.41, 5.74) is 5.90. The van der Waals surface area contributed by atoms with Crippen LogP contribution in [0.3, 0.4) is 0 Å². The van der Waals surface area contributed by atoms with Gasteiger partial charge in [-0.2, -0.15) is 0 Å². The van der Waals surface area contributed by atoms with E-state index in [0.717, 1.165) is 5.76 Å². The van der Waals surface area contributed by atoms with Gasteiger partial charge in [0.2, 0.25) is 10.0 Å². The van der Waals surface area contributed by atoms with Crippen molar-refractivity contribution in [2.45, 2.75) is 24.8 Å². The Morgan fingerprint density at radius 2 is 2.00 bits per heavy atom. The van der Waals surface area contributed by atoms with E-state index in [1.807, 2.05) is 0 Å². The lowest BCUT2D eigenvalue weighted by molar-refractivity contribution is 0.441. The lowest BCUT2D eigenvalue weighted by Gasteiger charge is -2.12. The van der Waals surface area contributed by atoms with Crippen LogP contribution in [0.5, 0.6) is 0 Å². The quantitative estimate of drug-likeness (QED) is 0.850. The molecular weight excluding hydrogens is 300 g/mol. The molecule has 0 fully saturated rings. The Morgan fingerprint density at radius 1 is 1.30 bits per heavy atom. The van der Waals surface area contributed by atoms with Crippen molar-refractivity contribution in [3.8, 4) is 0 Å². The minimum Gasteiger partial charge on any atom is -0.465 e. The van der Waals surface area contributed by atoms with Gasteiger partial charge in [0.05, 0.1) is 21.6 Å². The number of nitrogen functional groups attached to an aromatic ring is 1. The third-order valence-electron chi connectivity index (χ3n) is 2.80. The fraction of sp³-hybridized carbons (Fsp3) is 0.231. The lowest BCUT2D eigenvalue weighted by atomic mass is 10.3. The second kappa shape index (κ2) is 5.47. The van der Waals surface area contributed by atoms with Crippen LogP contribution >= 0.6 is 11.6 Å². The highest BCUT2D eigenvalue weighted by Gasteiger charge is 2.20. The van der Waals surface area contributed by atoms with Crippen LogP contribution in [0.15, 0.2) is 39.6 Å². The van der Waals surface area contributed by atoms with Crippen LogP contribution in [-0.4, -0.2) is 8.42 Å². The highest BCUT2D eigenvalue weighted by Crippen LogP contribution is 2.24. The van der Waals surface area contributed by atoms with E-state index in [0.29, 0.717) is 11.4 Å². The molecule has 0 amide bonds. The number of hydrogen-bond donors (Lipinski definition) is 2. The summed E-state index contributed by atoms with van der Waals surface area (Å²) in [4.78, 5) is 0.0619. The molecule has 0 saturated heterocycles. The summed E-state index contributed by atoms with van der Waals surface area (Å²) in [5, 5.41) is 0.203. The molecule has 2 aromatic rings. The minimum absolute atomic E-state index is 0.0619. The number of sulfonamides is 1. The fourth-order valence-corrected chi connectivity index (χ4v) is 3.20. The number of halogens is 1. The van der Waals surface area contributed by atoms with Gasteiger partial charge in [-0.3, -0.25) is 0 Å². The summed E-state index contributed by atoms with van der Waals surface area (Å²) < 4.78 is 32.4. The van der Waals surface area contributed by atoms with Crippen LogP contribution in [-0.2, 0) is 10.0 Å². The van der Waals surface area contributed by atoms with Crippen LogP contribution in [0.1, 0.15) is 24.5 Å². The molecular formula is C13H15ClN2O3S. The van der Waals surface area contributed by atoms with Crippen LogP contribution in [0.25, 0.3) is 0 Å². The maximum atomic E-state index is 12.2. The highest BCUT2D eigenvalue weighted by molar-refractivity contribution is 7.89. The molecule has 0 aliphatic rings. The van der Waals surface area contributed by atoms with Crippen LogP contribution in [0.4, 0.5) is 5.69 Å². The molecule has 1 aromatic heterocycles. The standard InChI is InChI=1S/C13H15ClN2O3S/c1-8-3-6-13(19-8)9(2)16-20(17,18)10-4-5-12(15)11(14)7-10/h3-7,9,16H,15H2,1-2H3. The normalized spacial score (nSPS) is 13.3. The molecule has 7 heteroatoms. The Morgan fingerprint density at radius 3 is 2.55 bits per heavy atom. The third-order valence-corrected chi connectivity index (χ3v) is 4.67. The summed E-state index contributed by atoms with van der Waals surface area (Å²) in [7, 11) is -3.69. The first-order valence-electron chi connectivity index (χ1n) is 5.93. The van der Waals surface area contributed by atoms with Crippen molar-refractivity contribution in [2.24, 2.45) is 0 Å². The average Bonchev–Trinajstić information content (AvgIpc) is 2.79. The molecule has 2 rings (SSSR count). The van der Waals surface area contributed by atoms with E-state index in [1.54, 1.807) is 26.0 Å². The first-order chi connectivity index (χ1) is 9.29. The molecule has 1 heterocycles. The molecule has 0 aliphatic heterocycles. The second-order valence-electron chi connectivity index (χ2n) is 4.47. The number of rotatable bonds is 4. The number of aryl methyl sites for hydroxylation is 1. The topological polar surface area (TPSA) is 85.3 Å². The zero-order chi connectivity index (χ0) is 14.9. The van der Waals surface area contributed by atoms with E-state index >= 15 is 0 Å². The van der Waals surface area contributed by atoms with E-state index in [2.05, 4.69) is 4.72 Å². The van der Waals surface area contributed by atoms with Gasteiger partial charge in [-0.05, 0) is 44.2 Å². The van der Waals surface area contributed by atoms with Crippen molar-refractivity contribution in [2.75, 3.05) is 5.73 Å². The number of nitrogens with two attached hydrogens (primary N) is 1. The molecule has 20 heavy (non-hydrogen) atoms. The monoisotopic (exact) mass is 314 g/mol. The first-order valence-corrected chi connectivity index (χ1v) is 7.79. The third kappa shape index (κ3) is 3.15. The molecule has 0 spiro atoms. The first kappa shape index (κ1) is 14.9. The van der Waals surface area contributed by atoms with Gasteiger partial charge in [-0.25, -0.2) is 13.1 Å². The molecule has 1 unspecified atom stereocenters. The van der Waals surface area contributed by atoms with Gasteiger partial charge in [-0.1, -0.05) is 11.6 Å². The van der Waals surface area contributed by atoms with E-state index < -0.39 is 16.1 Å². The predicted octanol–water partition coefficient (Wildman–Crippen LogP) is 2.86. The number of hydrogen-bond acceptors (Lipinski definition) is 4. The van der Waals surface area contributed by atoms with Crippen molar-refractivity contribution in [3.63, 3.8) is 0 Å². The van der Waals surface area contributed by atoms with Crippen molar-refractivity contribution in [3.05, 3.63) is 46.9 Å². The van der Waals surface area contributed by atoms with Gasteiger partial charge in [0, 0.05) is 0 Å². The highest BCUT2D eigenvalue weighted by atomic mass is 35.5. The van der Waals surface area contributed by atoms with Crippen LogP contribution in [0.2, 0.25) is 5.02 Å². The minimum atomic E-state index is -3.69. The van der Waals surface area contributed by atoms with Crippen molar-refractivity contribution in [1.82, 2.24) is 4.72 Å². The molecule has 1 aromatic carbocycles. The maximum absolute atomic E-state index is 12.2. The fourth-order valence-electron chi connectivity index (χ4n) is 1.72. The van der Waals surface area contributed by atoms with E-state index in [9.17, 15) is 8.42 Å². The van der Waals surface area contributed by atoms with Gasteiger partial charge in [0.25, 0.3) is 0 Å². The number of furan rings is 1. The Balaban J connectivity index is 2.24.